The van der Waals surface area contributed by atoms with E-state index in [2.05, 4.69) is 21.4 Å². The number of hydrogen-bond donors (Lipinski definition) is 1. The minimum atomic E-state index is 0.567. The van der Waals surface area contributed by atoms with E-state index in [1.54, 1.807) is 7.05 Å². The summed E-state index contributed by atoms with van der Waals surface area (Å²) < 4.78 is 0. The molecule has 1 aromatic heterocycles. The Bertz CT molecular complexity index is 699. The number of halogens is 2. The molecular formula is C18H22Cl2N4. The molecule has 0 unspecified atom stereocenters. The summed E-state index contributed by atoms with van der Waals surface area (Å²) in [7, 11) is 3.77. The summed E-state index contributed by atoms with van der Waals surface area (Å²) in [6.45, 7) is 3.48. The normalized spacial score (nSPS) is 11.5. The molecule has 4 nitrogen and oxygen atoms in total. The van der Waals surface area contributed by atoms with Crippen LogP contribution in [-0.2, 0) is 13.0 Å². The molecule has 0 bridgehead atoms. The van der Waals surface area contributed by atoms with Gasteiger partial charge >= 0.3 is 0 Å². The quantitative estimate of drug-likeness (QED) is 0.644. The third-order valence-corrected chi connectivity index (χ3v) is 4.39. The maximum Gasteiger partial charge on any atom is 0.193 e. The molecule has 0 aliphatic carbocycles. The predicted octanol–water partition coefficient (Wildman–Crippen LogP) is 3.95. The summed E-state index contributed by atoms with van der Waals surface area (Å²) in [5.74, 6) is 0.834. The van der Waals surface area contributed by atoms with Crippen LogP contribution < -0.4 is 5.32 Å². The van der Waals surface area contributed by atoms with Crippen LogP contribution in [-0.4, -0.2) is 36.5 Å². The second-order valence-electron chi connectivity index (χ2n) is 5.64. The zero-order valence-corrected chi connectivity index (χ0v) is 15.7. The zero-order chi connectivity index (χ0) is 17.5. The van der Waals surface area contributed by atoms with Crippen LogP contribution in [0.3, 0.4) is 0 Å². The highest BCUT2D eigenvalue weighted by molar-refractivity contribution is 6.42. The molecule has 2 aromatic rings. The van der Waals surface area contributed by atoms with Gasteiger partial charge < -0.3 is 10.2 Å². The van der Waals surface area contributed by atoms with E-state index >= 15 is 0 Å². The van der Waals surface area contributed by atoms with Crippen molar-refractivity contribution in [2.75, 3.05) is 20.6 Å². The highest BCUT2D eigenvalue weighted by Crippen LogP contribution is 2.23. The van der Waals surface area contributed by atoms with E-state index in [0.717, 1.165) is 30.2 Å². The van der Waals surface area contributed by atoms with E-state index in [-0.39, 0.29) is 0 Å². The second kappa shape index (κ2) is 8.90. The molecule has 1 aromatic carbocycles. The monoisotopic (exact) mass is 364 g/mol. The van der Waals surface area contributed by atoms with Gasteiger partial charge in [-0.05, 0) is 42.7 Å². The van der Waals surface area contributed by atoms with Crippen molar-refractivity contribution in [3.8, 4) is 0 Å². The van der Waals surface area contributed by atoms with Gasteiger partial charge in [-0.15, -0.1) is 0 Å². The van der Waals surface area contributed by atoms with E-state index < -0.39 is 0 Å². The van der Waals surface area contributed by atoms with Gasteiger partial charge in [0.2, 0.25) is 0 Å². The largest absolute Gasteiger partial charge is 0.356 e. The molecule has 0 fully saturated rings. The Hall–Kier alpha value is -1.78. The Kier molecular flexibility index (Phi) is 6.88. The zero-order valence-electron chi connectivity index (χ0n) is 14.2. The fourth-order valence-electron chi connectivity index (χ4n) is 2.34. The molecule has 0 radical (unpaired) electrons. The van der Waals surface area contributed by atoms with Crippen LogP contribution in [0.1, 0.15) is 16.8 Å². The molecule has 0 aliphatic heterocycles. The number of aromatic nitrogens is 1. The summed E-state index contributed by atoms with van der Waals surface area (Å²) in [6.07, 6.45) is 2.81. The first-order chi connectivity index (χ1) is 11.5. The fraction of sp³-hybridized carbons (Fsp3) is 0.333. The summed E-state index contributed by atoms with van der Waals surface area (Å²) in [5.41, 5.74) is 3.32. The lowest BCUT2D eigenvalue weighted by molar-refractivity contribution is 0.477. The van der Waals surface area contributed by atoms with Crippen LogP contribution in [0.2, 0.25) is 10.0 Å². The van der Waals surface area contributed by atoms with Crippen LogP contribution in [0, 0.1) is 6.92 Å². The van der Waals surface area contributed by atoms with Crippen molar-refractivity contribution < 1.29 is 0 Å². The van der Waals surface area contributed by atoms with Gasteiger partial charge in [0.15, 0.2) is 5.96 Å². The molecule has 0 aliphatic rings. The number of hydrogen-bond acceptors (Lipinski definition) is 2. The van der Waals surface area contributed by atoms with Gasteiger partial charge in [-0.25, -0.2) is 0 Å². The van der Waals surface area contributed by atoms with Crippen molar-refractivity contribution in [2.45, 2.75) is 19.9 Å². The van der Waals surface area contributed by atoms with Gasteiger partial charge in [-0.2, -0.15) is 0 Å². The van der Waals surface area contributed by atoms with Gasteiger partial charge in [-0.3, -0.25) is 9.98 Å². The van der Waals surface area contributed by atoms with Crippen molar-refractivity contribution in [3.63, 3.8) is 0 Å². The molecule has 0 saturated carbocycles. The predicted molar refractivity (Wildman–Crippen MR) is 102 cm³/mol. The van der Waals surface area contributed by atoms with Crippen molar-refractivity contribution in [1.82, 2.24) is 15.2 Å². The number of benzene rings is 1. The van der Waals surface area contributed by atoms with E-state index in [1.165, 1.54) is 5.56 Å². The Morgan fingerprint density at radius 3 is 2.54 bits per heavy atom. The summed E-state index contributed by atoms with van der Waals surface area (Å²) in [4.78, 5) is 10.7. The maximum absolute atomic E-state index is 6.07. The average Bonchev–Trinajstić information content (AvgIpc) is 2.56. The van der Waals surface area contributed by atoms with Crippen LogP contribution in [0.5, 0.6) is 0 Å². The molecule has 0 amide bonds. The fourth-order valence-corrected chi connectivity index (χ4v) is 2.66. The summed E-state index contributed by atoms with van der Waals surface area (Å²) in [6, 6.07) is 9.79. The van der Waals surface area contributed by atoms with Crippen molar-refractivity contribution in [2.24, 2.45) is 4.99 Å². The van der Waals surface area contributed by atoms with Crippen molar-refractivity contribution in [3.05, 3.63) is 63.4 Å². The number of aryl methyl sites for hydroxylation is 1. The second-order valence-corrected chi connectivity index (χ2v) is 6.45. The van der Waals surface area contributed by atoms with Crippen molar-refractivity contribution in [1.29, 1.82) is 0 Å². The number of guanidine groups is 1. The maximum atomic E-state index is 6.07. The molecular weight excluding hydrogens is 343 g/mol. The lowest BCUT2D eigenvalue weighted by Crippen LogP contribution is -2.39. The molecule has 0 saturated heterocycles. The first-order valence-electron chi connectivity index (χ1n) is 7.77. The Morgan fingerprint density at radius 2 is 1.92 bits per heavy atom. The van der Waals surface area contributed by atoms with Gasteiger partial charge in [-0.1, -0.05) is 35.3 Å². The first kappa shape index (κ1) is 18.6. The minimum absolute atomic E-state index is 0.567. The topological polar surface area (TPSA) is 40.5 Å². The smallest absolute Gasteiger partial charge is 0.193 e. The average molecular weight is 365 g/mol. The molecule has 2 rings (SSSR count). The number of nitrogens with zero attached hydrogens (tertiary/aromatic N) is 3. The van der Waals surface area contributed by atoms with Gasteiger partial charge in [0.1, 0.15) is 0 Å². The number of nitrogens with one attached hydrogen (secondary N) is 1. The minimum Gasteiger partial charge on any atom is -0.356 e. The highest BCUT2D eigenvalue weighted by atomic mass is 35.5. The van der Waals surface area contributed by atoms with E-state index in [0.29, 0.717) is 16.6 Å². The number of pyridine rings is 1. The van der Waals surface area contributed by atoms with Gasteiger partial charge in [0.05, 0.1) is 10.0 Å². The summed E-state index contributed by atoms with van der Waals surface area (Å²) in [5, 5.41) is 4.50. The Labute approximate surface area is 153 Å². The molecule has 128 valence electrons. The molecule has 0 spiro atoms. The third-order valence-electron chi connectivity index (χ3n) is 3.65. The first-order valence-corrected chi connectivity index (χ1v) is 8.52. The lowest BCUT2D eigenvalue weighted by Gasteiger charge is -2.22. The number of rotatable bonds is 5. The SMILES string of the molecule is CN=C(NCCc1ccc(C)nc1)N(C)Cc1ccc(Cl)c(Cl)c1. The molecule has 0 atom stereocenters. The molecule has 1 N–H and O–H groups in total. The lowest BCUT2D eigenvalue weighted by atomic mass is 10.2. The Morgan fingerprint density at radius 1 is 1.17 bits per heavy atom. The third kappa shape index (κ3) is 5.39. The van der Waals surface area contributed by atoms with Crippen LogP contribution in [0.25, 0.3) is 0 Å². The van der Waals surface area contributed by atoms with Crippen LogP contribution >= 0.6 is 23.2 Å². The molecule has 24 heavy (non-hydrogen) atoms. The van der Waals surface area contributed by atoms with E-state index in [4.69, 9.17) is 23.2 Å². The standard InChI is InChI=1S/C18H22Cl2N4/c1-13-4-5-14(11-23-13)8-9-22-18(21-2)24(3)12-15-6-7-16(19)17(20)10-15/h4-7,10-11H,8-9,12H2,1-3H3,(H,21,22). The van der Waals surface area contributed by atoms with E-state index in [1.807, 2.05) is 49.3 Å². The molecule has 1 heterocycles. The van der Waals surface area contributed by atoms with E-state index in [9.17, 15) is 0 Å². The molecule has 6 heteroatoms. The number of aliphatic imine (C=N–C) groups is 1. The van der Waals surface area contributed by atoms with Crippen molar-refractivity contribution >= 4 is 29.2 Å². The van der Waals surface area contributed by atoms with Gasteiger partial charge in [0.25, 0.3) is 0 Å². The Balaban J connectivity index is 1.88. The highest BCUT2D eigenvalue weighted by Gasteiger charge is 2.08. The van der Waals surface area contributed by atoms with Crippen LogP contribution in [0.15, 0.2) is 41.5 Å². The van der Waals surface area contributed by atoms with Gasteiger partial charge in [0, 0.05) is 39.1 Å². The summed E-state index contributed by atoms with van der Waals surface area (Å²) >= 11 is 12.0. The van der Waals surface area contributed by atoms with Crippen LogP contribution in [0.4, 0.5) is 0 Å².